The number of nitrogens with two attached hydrogens (primary N) is 1. The Hall–Kier alpha value is -2.03. The number of rotatable bonds is 4. The summed E-state index contributed by atoms with van der Waals surface area (Å²) in [5.41, 5.74) is 7.34. The summed E-state index contributed by atoms with van der Waals surface area (Å²) in [7, 11) is 0. The van der Waals surface area contributed by atoms with Gasteiger partial charge in [0.1, 0.15) is 12.4 Å². The van der Waals surface area contributed by atoms with Crippen LogP contribution in [-0.4, -0.2) is 0 Å². The smallest absolute Gasteiger partial charge is 0.152 e. The van der Waals surface area contributed by atoms with Gasteiger partial charge in [-0.2, -0.15) is 0 Å². The molecule has 0 aliphatic carbocycles. The molecule has 2 aromatic carbocycles. The first-order valence-electron chi connectivity index (χ1n) is 6.33. The molecule has 0 heterocycles. The van der Waals surface area contributed by atoms with Crippen molar-refractivity contribution in [1.82, 2.24) is 0 Å². The third kappa shape index (κ3) is 3.25. The Bertz CT molecular complexity index is 566. The monoisotopic (exact) mass is 259 g/mol. The summed E-state index contributed by atoms with van der Waals surface area (Å²) in [6.45, 7) is 4.42. The van der Waals surface area contributed by atoms with Crippen LogP contribution in [-0.2, 0) is 6.61 Å². The molecule has 0 aliphatic rings. The number of anilines is 1. The van der Waals surface area contributed by atoms with E-state index >= 15 is 0 Å². The molecule has 3 heteroatoms. The van der Waals surface area contributed by atoms with Crippen molar-refractivity contribution in [2.45, 2.75) is 26.4 Å². The second-order valence-electron chi connectivity index (χ2n) is 4.84. The molecule has 0 bridgehead atoms. The predicted molar refractivity (Wildman–Crippen MR) is 75.7 cm³/mol. The van der Waals surface area contributed by atoms with Crippen LogP contribution >= 0.6 is 0 Å². The Balaban J connectivity index is 2.10. The van der Waals surface area contributed by atoms with E-state index in [2.05, 4.69) is 19.9 Å². The topological polar surface area (TPSA) is 35.2 Å². The lowest BCUT2D eigenvalue weighted by Gasteiger charge is -2.11. The minimum Gasteiger partial charge on any atom is -0.489 e. The second kappa shape index (κ2) is 5.74. The first-order chi connectivity index (χ1) is 9.08. The van der Waals surface area contributed by atoms with E-state index in [1.54, 1.807) is 12.1 Å². The van der Waals surface area contributed by atoms with E-state index in [0.29, 0.717) is 11.5 Å². The zero-order chi connectivity index (χ0) is 13.8. The van der Waals surface area contributed by atoms with Gasteiger partial charge in [-0.25, -0.2) is 4.39 Å². The van der Waals surface area contributed by atoms with Crippen molar-refractivity contribution < 1.29 is 9.13 Å². The summed E-state index contributed by atoms with van der Waals surface area (Å²) >= 11 is 0. The molecule has 0 aromatic heterocycles. The Morgan fingerprint density at radius 1 is 1.16 bits per heavy atom. The molecule has 2 nitrogen and oxygen atoms in total. The van der Waals surface area contributed by atoms with Crippen LogP contribution < -0.4 is 10.5 Å². The van der Waals surface area contributed by atoms with Crippen LogP contribution in [0.3, 0.4) is 0 Å². The average molecular weight is 259 g/mol. The Labute approximate surface area is 113 Å². The SMILES string of the molecule is CC(C)c1cccc(OCc2cccc(N)c2F)c1. The van der Waals surface area contributed by atoms with Crippen molar-refractivity contribution in [3.8, 4) is 5.75 Å². The molecule has 2 aromatic rings. The van der Waals surface area contributed by atoms with Crippen molar-refractivity contribution in [1.29, 1.82) is 0 Å². The molecule has 0 unspecified atom stereocenters. The van der Waals surface area contributed by atoms with Gasteiger partial charge in [0, 0.05) is 5.56 Å². The van der Waals surface area contributed by atoms with E-state index in [-0.39, 0.29) is 12.3 Å². The molecule has 0 aliphatic heterocycles. The lowest BCUT2D eigenvalue weighted by atomic mass is 10.0. The quantitative estimate of drug-likeness (QED) is 0.839. The Morgan fingerprint density at radius 3 is 2.63 bits per heavy atom. The third-order valence-electron chi connectivity index (χ3n) is 3.03. The summed E-state index contributed by atoms with van der Waals surface area (Å²) in [4.78, 5) is 0. The summed E-state index contributed by atoms with van der Waals surface area (Å²) < 4.78 is 19.3. The van der Waals surface area contributed by atoms with E-state index in [9.17, 15) is 4.39 Å². The van der Waals surface area contributed by atoms with Crippen LogP contribution in [0.1, 0.15) is 30.9 Å². The highest BCUT2D eigenvalue weighted by molar-refractivity contribution is 5.42. The van der Waals surface area contributed by atoms with Gasteiger partial charge in [-0.05, 0) is 29.7 Å². The summed E-state index contributed by atoms with van der Waals surface area (Å²) in [6, 6.07) is 12.8. The second-order valence-corrected chi connectivity index (χ2v) is 4.84. The lowest BCUT2D eigenvalue weighted by molar-refractivity contribution is 0.299. The molecule has 19 heavy (non-hydrogen) atoms. The first kappa shape index (κ1) is 13.4. The van der Waals surface area contributed by atoms with Gasteiger partial charge in [0.05, 0.1) is 5.69 Å². The highest BCUT2D eigenvalue weighted by Crippen LogP contribution is 2.22. The zero-order valence-corrected chi connectivity index (χ0v) is 11.2. The van der Waals surface area contributed by atoms with Crippen LogP contribution in [0.4, 0.5) is 10.1 Å². The van der Waals surface area contributed by atoms with Crippen molar-refractivity contribution >= 4 is 5.69 Å². The lowest BCUT2D eigenvalue weighted by Crippen LogP contribution is -2.01. The maximum absolute atomic E-state index is 13.7. The fourth-order valence-corrected chi connectivity index (χ4v) is 1.84. The third-order valence-corrected chi connectivity index (χ3v) is 3.03. The predicted octanol–water partition coefficient (Wildman–Crippen LogP) is 4.11. The summed E-state index contributed by atoms with van der Waals surface area (Å²) in [5, 5.41) is 0. The molecule has 0 saturated carbocycles. The van der Waals surface area contributed by atoms with Crippen LogP contribution in [0, 0.1) is 5.82 Å². The number of hydrogen-bond acceptors (Lipinski definition) is 2. The highest BCUT2D eigenvalue weighted by Gasteiger charge is 2.06. The summed E-state index contributed by atoms with van der Waals surface area (Å²) in [5.74, 6) is 0.781. The van der Waals surface area contributed by atoms with E-state index in [0.717, 1.165) is 5.75 Å². The maximum atomic E-state index is 13.7. The van der Waals surface area contributed by atoms with Crippen molar-refractivity contribution in [2.75, 3.05) is 5.73 Å². The molecule has 0 radical (unpaired) electrons. The molecule has 0 spiro atoms. The highest BCUT2D eigenvalue weighted by atomic mass is 19.1. The van der Waals surface area contributed by atoms with Gasteiger partial charge in [0.25, 0.3) is 0 Å². The molecule has 0 saturated heterocycles. The molecule has 0 atom stereocenters. The van der Waals surface area contributed by atoms with Gasteiger partial charge in [-0.3, -0.25) is 0 Å². The number of ether oxygens (including phenoxy) is 1. The van der Waals surface area contributed by atoms with Gasteiger partial charge in [0.2, 0.25) is 0 Å². The number of nitrogen functional groups attached to an aromatic ring is 1. The molecule has 2 rings (SSSR count). The first-order valence-corrected chi connectivity index (χ1v) is 6.33. The van der Waals surface area contributed by atoms with E-state index < -0.39 is 5.82 Å². The van der Waals surface area contributed by atoms with Gasteiger partial charge < -0.3 is 10.5 Å². The Morgan fingerprint density at radius 2 is 1.89 bits per heavy atom. The van der Waals surface area contributed by atoms with Gasteiger partial charge >= 0.3 is 0 Å². The maximum Gasteiger partial charge on any atom is 0.152 e. The fourth-order valence-electron chi connectivity index (χ4n) is 1.84. The standard InChI is InChI=1S/C16H18FNO/c1-11(2)12-5-3-7-14(9-12)19-10-13-6-4-8-15(18)16(13)17/h3-9,11H,10,18H2,1-2H3. The molecular weight excluding hydrogens is 241 g/mol. The summed E-state index contributed by atoms with van der Waals surface area (Å²) in [6.07, 6.45) is 0. The van der Waals surface area contributed by atoms with Crippen molar-refractivity contribution in [2.24, 2.45) is 0 Å². The van der Waals surface area contributed by atoms with Gasteiger partial charge in [-0.1, -0.05) is 38.1 Å². The largest absolute Gasteiger partial charge is 0.489 e. The zero-order valence-electron chi connectivity index (χ0n) is 11.2. The minimum atomic E-state index is -0.400. The van der Waals surface area contributed by atoms with E-state index in [4.69, 9.17) is 10.5 Å². The number of benzene rings is 2. The molecular formula is C16H18FNO. The van der Waals surface area contributed by atoms with E-state index in [1.165, 1.54) is 11.6 Å². The molecule has 2 N–H and O–H groups in total. The van der Waals surface area contributed by atoms with Gasteiger partial charge in [0.15, 0.2) is 5.82 Å². The number of hydrogen-bond donors (Lipinski definition) is 1. The van der Waals surface area contributed by atoms with Gasteiger partial charge in [-0.15, -0.1) is 0 Å². The van der Waals surface area contributed by atoms with Crippen LogP contribution in [0.15, 0.2) is 42.5 Å². The number of halogens is 1. The Kier molecular flexibility index (Phi) is 4.05. The minimum absolute atomic E-state index is 0.150. The molecule has 100 valence electrons. The fraction of sp³-hybridized carbons (Fsp3) is 0.250. The van der Waals surface area contributed by atoms with Crippen molar-refractivity contribution in [3.05, 3.63) is 59.4 Å². The molecule has 0 amide bonds. The van der Waals surface area contributed by atoms with Crippen LogP contribution in [0.25, 0.3) is 0 Å². The average Bonchev–Trinajstić information content (AvgIpc) is 2.41. The normalized spacial score (nSPS) is 10.7. The van der Waals surface area contributed by atoms with Crippen LogP contribution in [0.5, 0.6) is 5.75 Å². The molecule has 0 fully saturated rings. The van der Waals surface area contributed by atoms with Crippen molar-refractivity contribution in [3.63, 3.8) is 0 Å². The van der Waals surface area contributed by atoms with Crippen LogP contribution in [0.2, 0.25) is 0 Å². The van der Waals surface area contributed by atoms with E-state index in [1.807, 2.05) is 18.2 Å².